The molecular formula is C48H46N8O10S2. The summed E-state index contributed by atoms with van der Waals surface area (Å²) in [7, 11) is -4.85. The largest absolute Gasteiger partial charge is 0.744 e. The van der Waals surface area contributed by atoms with Crippen LogP contribution >= 0.6 is 0 Å². The summed E-state index contributed by atoms with van der Waals surface area (Å²) in [6, 6.07) is 34.0. The number of hydrogen-bond donors (Lipinski definition) is 6. The average molecular weight is 959 g/mol. The lowest BCUT2D eigenvalue weighted by molar-refractivity contribution is -0.670. The third-order valence-electron chi connectivity index (χ3n) is 9.54. The third-order valence-corrected chi connectivity index (χ3v) is 11.2. The average Bonchev–Trinajstić information content (AvgIpc) is 3.27. The van der Waals surface area contributed by atoms with Crippen LogP contribution in [0, 0.1) is 13.8 Å². The Hall–Kier alpha value is -8.30. The van der Waals surface area contributed by atoms with E-state index in [1.165, 1.54) is 66.7 Å². The number of rotatable bonds is 10. The number of aromatic nitrogens is 2. The number of hydrogen-bond acceptors (Lipinski definition) is 12. The van der Waals surface area contributed by atoms with Gasteiger partial charge in [-0.25, -0.2) is 26.0 Å². The summed E-state index contributed by atoms with van der Waals surface area (Å²) in [5.74, 6) is -1.59. The zero-order chi connectivity index (χ0) is 49.8. The number of nitrogens with zero attached hydrogens (tertiary/aromatic N) is 2. The van der Waals surface area contributed by atoms with E-state index in [1.54, 1.807) is 77.6 Å². The molecule has 8 N–H and O–H groups in total. The van der Waals surface area contributed by atoms with Crippen LogP contribution in [0.15, 0.2) is 168 Å². The highest BCUT2D eigenvalue weighted by Crippen LogP contribution is 2.23. The summed E-state index contributed by atoms with van der Waals surface area (Å²) in [5.41, 5.74) is 17.7. The van der Waals surface area contributed by atoms with Crippen molar-refractivity contribution in [3.8, 4) is 0 Å². The summed E-state index contributed by atoms with van der Waals surface area (Å²) in [5, 5.41) is 11.1. The molecule has 0 aliphatic heterocycles. The van der Waals surface area contributed by atoms with Crippen LogP contribution in [0.25, 0.3) is 0 Å². The monoisotopic (exact) mass is 958 g/mol. The Labute approximate surface area is 392 Å². The zero-order valence-corrected chi connectivity index (χ0v) is 38.6. The Morgan fingerprint density at radius 2 is 0.882 bits per heavy atom. The van der Waals surface area contributed by atoms with Crippen LogP contribution in [-0.4, -0.2) is 49.6 Å². The molecule has 20 heteroatoms. The molecule has 68 heavy (non-hydrogen) atoms. The van der Waals surface area contributed by atoms with Gasteiger partial charge in [-0.05, 0) is 111 Å². The lowest BCUT2D eigenvalue weighted by Gasteiger charge is -2.11. The summed E-state index contributed by atoms with van der Waals surface area (Å²) >= 11 is 0. The van der Waals surface area contributed by atoms with E-state index in [2.05, 4.69) is 21.3 Å². The topological polar surface area (TPSA) is 291 Å². The Morgan fingerprint density at radius 1 is 0.471 bits per heavy atom. The van der Waals surface area contributed by atoms with Crippen molar-refractivity contribution in [2.75, 3.05) is 32.7 Å². The van der Waals surface area contributed by atoms with Crippen molar-refractivity contribution >= 4 is 78.0 Å². The minimum Gasteiger partial charge on any atom is -0.744 e. The first-order valence-electron chi connectivity index (χ1n) is 20.2. The zero-order valence-electron chi connectivity index (χ0n) is 37.0. The molecular weight excluding hydrogens is 913 g/mol. The molecule has 4 amide bonds. The van der Waals surface area contributed by atoms with Crippen molar-refractivity contribution in [2.45, 2.75) is 23.6 Å². The quantitative estimate of drug-likeness (QED) is 0.0578. The van der Waals surface area contributed by atoms with Crippen molar-refractivity contribution in [2.24, 2.45) is 14.1 Å². The van der Waals surface area contributed by atoms with Crippen molar-refractivity contribution < 1.29 is 54.3 Å². The third kappa shape index (κ3) is 14.9. The van der Waals surface area contributed by atoms with Crippen LogP contribution in [-0.2, 0) is 34.3 Å². The molecule has 18 nitrogen and oxygen atoms in total. The highest BCUT2D eigenvalue weighted by Gasteiger charge is 2.16. The van der Waals surface area contributed by atoms with Gasteiger partial charge in [0.05, 0.1) is 26.7 Å². The highest BCUT2D eigenvalue weighted by atomic mass is 32.2. The van der Waals surface area contributed by atoms with Crippen LogP contribution in [0.5, 0.6) is 0 Å². The van der Waals surface area contributed by atoms with Gasteiger partial charge in [0.15, 0.2) is 24.8 Å². The molecule has 0 saturated carbocycles. The van der Waals surface area contributed by atoms with Crippen LogP contribution in [0.3, 0.4) is 0 Å². The molecule has 350 valence electrons. The number of amides is 4. The molecule has 0 radical (unpaired) electrons. The van der Waals surface area contributed by atoms with Gasteiger partial charge in [0.25, 0.3) is 23.6 Å². The molecule has 0 bridgehead atoms. The second-order valence-electron chi connectivity index (χ2n) is 15.0. The Balaban J connectivity index is 0.000000319. The molecule has 0 fully saturated rings. The first kappa shape index (κ1) is 50.7. The van der Waals surface area contributed by atoms with E-state index >= 15 is 0 Å². The number of aryl methyl sites for hydroxylation is 4. The predicted molar refractivity (Wildman–Crippen MR) is 253 cm³/mol. The van der Waals surface area contributed by atoms with Gasteiger partial charge in [-0.15, -0.1) is 0 Å². The number of nitrogens with two attached hydrogens (primary N) is 2. The van der Waals surface area contributed by atoms with E-state index in [9.17, 15) is 45.1 Å². The molecule has 5 aromatic carbocycles. The lowest BCUT2D eigenvalue weighted by atomic mass is 10.1. The molecule has 2 heterocycles. The Morgan fingerprint density at radius 3 is 1.31 bits per heavy atom. The highest BCUT2D eigenvalue weighted by molar-refractivity contribution is 7.86. The second-order valence-corrected chi connectivity index (χ2v) is 17.8. The summed E-state index contributed by atoms with van der Waals surface area (Å²) in [6.07, 6.45) is 7.23. The fourth-order valence-corrected chi connectivity index (χ4v) is 6.91. The molecule has 7 aromatic rings. The molecule has 0 atom stereocenters. The summed E-state index contributed by atoms with van der Waals surface area (Å²) in [6.45, 7) is 3.64. The maximum Gasteiger partial charge on any atom is 0.257 e. The molecule has 0 spiro atoms. The van der Waals surface area contributed by atoms with Gasteiger partial charge in [0, 0.05) is 40.2 Å². The van der Waals surface area contributed by atoms with Gasteiger partial charge in [0.2, 0.25) is 0 Å². The fraction of sp³-hybridized carbons (Fsp3) is 0.0833. The van der Waals surface area contributed by atoms with Crippen molar-refractivity contribution in [3.63, 3.8) is 0 Å². The van der Waals surface area contributed by atoms with E-state index in [4.69, 9.17) is 11.5 Å². The SMILES string of the molecule is C[n+]1cccc(NC(=O)c2ccc(NC(=O)c3ccc(C(=O)Nc4ccc(C(=O)Nc5ccc[n+](C)c5)c(N)c4)cc3)c(N)c2)c1.Cc1ccc(S(=O)(=O)[O-])cc1.Cc1ccc(S(=O)(=O)[O-])cc1. The number of nitrogen functional groups attached to an aromatic ring is 2. The summed E-state index contributed by atoms with van der Waals surface area (Å²) in [4.78, 5) is 50.7. The number of nitrogens with one attached hydrogen (secondary N) is 4. The van der Waals surface area contributed by atoms with E-state index in [0.29, 0.717) is 39.4 Å². The number of carbonyl (C=O) groups is 4. The number of benzene rings is 5. The van der Waals surface area contributed by atoms with Gasteiger partial charge >= 0.3 is 0 Å². The molecule has 2 aromatic heterocycles. The lowest BCUT2D eigenvalue weighted by Crippen LogP contribution is -2.27. The number of pyridine rings is 2. The van der Waals surface area contributed by atoms with Gasteiger partial charge in [-0.1, -0.05) is 35.4 Å². The van der Waals surface area contributed by atoms with Crippen LogP contribution in [0.4, 0.5) is 34.1 Å². The van der Waals surface area contributed by atoms with Crippen LogP contribution < -0.4 is 41.9 Å². The van der Waals surface area contributed by atoms with E-state index in [-0.39, 0.29) is 38.5 Å². The minimum absolute atomic E-state index is 0.178. The van der Waals surface area contributed by atoms with Crippen LogP contribution in [0.1, 0.15) is 52.6 Å². The van der Waals surface area contributed by atoms with Crippen molar-refractivity contribution in [3.05, 3.63) is 192 Å². The van der Waals surface area contributed by atoms with E-state index in [1.807, 2.05) is 51.0 Å². The van der Waals surface area contributed by atoms with Crippen molar-refractivity contribution in [1.29, 1.82) is 0 Å². The van der Waals surface area contributed by atoms with Crippen molar-refractivity contribution in [1.82, 2.24) is 0 Å². The number of carbonyl (C=O) groups excluding carboxylic acids is 4. The van der Waals surface area contributed by atoms with Gasteiger partial charge in [0.1, 0.15) is 45.7 Å². The fourth-order valence-electron chi connectivity index (χ4n) is 5.97. The predicted octanol–water partition coefficient (Wildman–Crippen LogP) is 5.31. The minimum atomic E-state index is -4.27. The first-order valence-corrected chi connectivity index (χ1v) is 23.0. The van der Waals surface area contributed by atoms with Gasteiger partial charge in [-0.3, -0.25) is 19.2 Å². The van der Waals surface area contributed by atoms with Crippen LogP contribution in [0.2, 0.25) is 0 Å². The number of anilines is 6. The van der Waals surface area contributed by atoms with Gasteiger partial charge in [-0.2, -0.15) is 0 Å². The smallest absolute Gasteiger partial charge is 0.257 e. The molecule has 0 saturated heterocycles. The molecule has 0 unspecified atom stereocenters. The Bertz CT molecular complexity index is 3130. The first-order chi connectivity index (χ1) is 32.0. The molecule has 0 aliphatic carbocycles. The molecule has 0 aliphatic rings. The van der Waals surface area contributed by atoms with Gasteiger partial charge < -0.3 is 41.8 Å². The van der Waals surface area contributed by atoms with E-state index in [0.717, 1.165) is 11.1 Å². The summed E-state index contributed by atoms with van der Waals surface area (Å²) < 4.78 is 66.0. The maximum atomic E-state index is 12.9. The standard InChI is InChI=1S/C34H30N8O4.2C7H8O3S/c1-41-15-3-5-25(19-41)38-33(45)23-11-14-30(29(36)17-23)40-32(44)22-9-7-21(8-10-22)31(43)37-24-12-13-27(28(35)18-24)34(46)39-26-6-4-16-42(2)20-26;2*1-6-2-4-7(5-3-6)11(8,9)10/h3-20H,1-2H3,(H6-2,35,36,37,38,39,40,43,44,45,46);2*2-5H,1H3,(H,8,9,10). The molecule has 7 rings (SSSR count). The normalized spacial score (nSPS) is 10.8. The maximum absolute atomic E-state index is 12.9. The second kappa shape index (κ2) is 22.3. The Kier molecular flexibility index (Phi) is 16.6. The van der Waals surface area contributed by atoms with E-state index < -0.39 is 32.1 Å².